The number of hydrogen-bond donors (Lipinski definition) is 0. The van der Waals surface area contributed by atoms with Crippen LogP contribution in [0.25, 0.3) is 16.5 Å². The Labute approximate surface area is 226 Å². The van der Waals surface area contributed by atoms with Crippen molar-refractivity contribution in [1.29, 1.82) is 0 Å². The third-order valence-corrected chi connectivity index (χ3v) is 7.38. The number of anilines is 1. The fourth-order valence-electron chi connectivity index (χ4n) is 5.50. The highest BCUT2D eigenvalue weighted by molar-refractivity contribution is 6.09. The Morgan fingerprint density at radius 1 is 0.821 bits per heavy atom. The predicted molar refractivity (Wildman–Crippen MR) is 152 cm³/mol. The summed E-state index contributed by atoms with van der Waals surface area (Å²) < 4.78 is 15.9. The van der Waals surface area contributed by atoms with Crippen LogP contribution in [-0.4, -0.2) is 33.9 Å². The molecule has 0 N–H and O–H groups in total. The Morgan fingerprint density at radius 2 is 1.51 bits per heavy atom. The second-order valence-corrected chi connectivity index (χ2v) is 10.1. The molecule has 4 aromatic carbocycles. The van der Waals surface area contributed by atoms with E-state index in [1.807, 2.05) is 98.9 Å². The van der Waals surface area contributed by atoms with Crippen LogP contribution in [0.5, 0.6) is 0 Å². The lowest BCUT2D eigenvalue weighted by molar-refractivity contribution is -0.120. The van der Waals surface area contributed by atoms with E-state index in [2.05, 4.69) is 4.57 Å². The van der Waals surface area contributed by atoms with E-state index in [1.54, 1.807) is 21.9 Å². The molecular weight excluding hydrogens is 489 g/mol. The van der Waals surface area contributed by atoms with Gasteiger partial charge >= 0.3 is 0 Å². The van der Waals surface area contributed by atoms with E-state index in [0.717, 1.165) is 33.4 Å². The maximum Gasteiger partial charge on any atom is 0.255 e. The minimum atomic E-state index is -0.482. The number of carbonyl (C=O) groups excluding carboxylic acids is 2. The number of para-hydroxylation sites is 2. The lowest BCUT2D eigenvalue weighted by Gasteiger charge is -2.40. The molecule has 1 aliphatic rings. The van der Waals surface area contributed by atoms with E-state index >= 15 is 0 Å². The van der Waals surface area contributed by atoms with Crippen LogP contribution < -0.4 is 4.90 Å². The Balaban J connectivity index is 1.42. The quantitative estimate of drug-likeness (QED) is 0.259. The van der Waals surface area contributed by atoms with Gasteiger partial charge in [0.15, 0.2) is 0 Å². The number of fused-ring (bicyclic) bond motifs is 4. The molecule has 2 amide bonds. The first-order valence-electron chi connectivity index (χ1n) is 13.1. The number of nitrogens with zero attached hydrogens (tertiary/aromatic N) is 3. The van der Waals surface area contributed by atoms with E-state index in [1.165, 1.54) is 12.1 Å². The molecule has 0 saturated carbocycles. The average molecular weight is 518 g/mol. The van der Waals surface area contributed by atoms with Gasteiger partial charge in [-0.15, -0.1) is 0 Å². The highest BCUT2D eigenvalue weighted by atomic mass is 19.1. The smallest absolute Gasteiger partial charge is 0.255 e. The second-order valence-electron chi connectivity index (χ2n) is 10.1. The Kier molecular flexibility index (Phi) is 6.23. The summed E-state index contributed by atoms with van der Waals surface area (Å²) in [7, 11) is 0. The van der Waals surface area contributed by atoms with Gasteiger partial charge in [0.25, 0.3) is 5.91 Å². The summed E-state index contributed by atoms with van der Waals surface area (Å²) in [6.45, 7) is 3.73. The van der Waals surface area contributed by atoms with Gasteiger partial charge in [-0.1, -0.05) is 60.7 Å². The average Bonchev–Trinajstić information content (AvgIpc) is 3.45. The van der Waals surface area contributed by atoms with Crippen molar-refractivity contribution in [1.82, 2.24) is 9.47 Å². The Hall–Kier alpha value is -4.71. The molecule has 0 spiro atoms. The zero-order valence-electron chi connectivity index (χ0n) is 21.8. The van der Waals surface area contributed by atoms with Crippen LogP contribution in [0.15, 0.2) is 109 Å². The summed E-state index contributed by atoms with van der Waals surface area (Å²) in [5.74, 6) is -0.747. The molecule has 1 unspecified atom stereocenters. The van der Waals surface area contributed by atoms with Gasteiger partial charge in [-0.2, -0.15) is 0 Å². The molecule has 39 heavy (non-hydrogen) atoms. The number of carbonyl (C=O) groups is 2. The van der Waals surface area contributed by atoms with Crippen molar-refractivity contribution < 1.29 is 14.0 Å². The van der Waals surface area contributed by atoms with Gasteiger partial charge in [-0.3, -0.25) is 14.5 Å². The molecule has 1 aromatic heterocycles. The molecule has 0 aliphatic carbocycles. The number of halogens is 1. The molecule has 194 valence electrons. The SMILES string of the molecule is CC(C)N(CC(=O)N1c2ccccc2-n2cccc2C1c1ccc(F)cc1)C(=O)c1cccc2ccccc12. The maximum absolute atomic E-state index is 14.3. The summed E-state index contributed by atoms with van der Waals surface area (Å²) in [6, 6.07) is 30.6. The van der Waals surface area contributed by atoms with Gasteiger partial charge in [0, 0.05) is 17.8 Å². The summed E-state index contributed by atoms with van der Waals surface area (Å²) >= 11 is 0. The van der Waals surface area contributed by atoms with Gasteiger partial charge in [0.05, 0.1) is 17.1 Å². The van der Waals surface area contributed by atoms with E-state index in [0.29, 0.717) is 5.56 Å². The standard InChI is InChI=1S/C33H28FN3O2/c1-22(2)36(33(39)27-12-7-10-23-9-3-4-11-26(23)27)21-31(38)37-29-14-6-5-13-28(29)35-20-8-15-30(35)32(37)24-16-18-25(34)19-17-24/h3-20,22,32H,21H2,1-2H3. The van der Waals surface area contributed by atoms with E-state index in [4.69, 9.17) is 0 Å². The van der Waals surface area contributed by atoms with Gasteiger partial charge in [-0.25, -0.2) is 4.39 Å². The maximum atomic E-state index is 14.3. The van der Waals surface area contributed by atoms with Gasteiger partial charge in [-0.05, 0) is 72.6 Å². The fraction of sp³-hybridized carbons (Fsp3) is 0.152. The van der Waals surface area contributed by atoms with Crippen molar-refractivity contribution in [3.8, 4) is 5.69 Å². The van der Waals surface area contributed by atoms with Crippen molar-refractivity contribution in [3.63, 3.8) is 0 Å². The molecule has 6 rings (SSSR count). The summed E-state index contributed by atoms with van der Waals surface area (Å²) in [5, 5.41) is 1.83. The van der Waals surface area contributed by atoms with E-state index in [-0.39, 0.29) is 30.2 Å². The predicted octanol–water partition coefficient (Wildman–Crippen LogP) is 6.76. The molecule has 0 fully saturated rings. The molecule has 0 radical (unpaired) electrons. The van der Waals surface area contributed by atoms with Crippen LogP contribution in [0.1, 0.15) is 41.5 Å². The van der Waals surface area contributed by atoms with Crippen molar-refractivity contribution in [2.45, 2.75) is 25.9 Å². The lowest BCUT2D eigenvalue weighted by atomic mass is 9.97. The highest BCUT2D eigenvalue weighted by Gasteiger charge is 2.37. The minimum Gasteiger partial charge on any atom is -0.327 e. The molecule has 5 nitrogen and oxygen atoms in total. The Morgan fingerprint density at radius 3 is 2.28 bits per heavy atom. The fourth-order valence-corrected chi connectivity index (χ4v) is 5.50. The van der Waals surface area contributed by atoms with Crippen LogP contribution in [0.4, 0.5) is 10.1 Å². The third-order valence-electron chi connectivity index (χ3n) is 7.38. The molecule has 0 bridgehead atoms. The zero-order valence-corrected chi connectivity index (χ0v) is 21.8. The summed E-state index contributed by atoms with van der Waals surface area (Å²) in [5.41, 5.74) is 3.86. The summed E-state index contributed by atoms with van der Waals surface area (Å²) in [6.07, 6.45) is 1.97. The largest absolute Gasteiger partial charge is 0.327 e. The van der Waals surface area contributed by atoms with Gasteiger partial charge < -0.3 is 9.47 Å². The monoisotopic (exact) mass is 517 g/mol. The molecule has 1 aliphatic heterocycles. The minimum absolute atomic E-state index is 0.105. The molecular formula is C33H28FN3O2. The lowest BCUT2D eigenvalue weighted by Crippen LogP contribution is -2.48. The number of amides is 2. The number of hydrogen-bond acceptors (Lipinski definition) is 2. The number of benzene rings is 4. The van der Waals surface area contributed by atoms with Crippen molar-refractivity contribution in [3.05, 3.63) is 132 Å². The first-order chi connectivity index (χ1) is 18.9. The van der Waals surface area contributed by atoms with Crippen molar-refractivity contribution in [2.75, 3.05) is 11.4 Å². The number of aromatic nitrogens is 1. The van der Waals surface area contributed by atoms with Crippen LogP contribution in [0.3, 0.4) is 0 Å². The molecule has 1 atom stereocenters. The van der Waals surface area contributed by atoms with Crippen LogP contribution in [0.2, 0.25) is 0 Å². The molecule has 5 aromatic rings. The number of rotatable bonds is 5. The highest BCUT2D eigenvalue weighted by Crippen LogP contribution is 2.42. The summed E-state index contributed by atoms with van der Waals surface area (Å²) in [4.78, 5) is 31.6. The van der Waals surface area contributed by atoms with Crippen molar-refractivity contribution >= 4 is 28.3 Å². The second kappa shape index (κ2) is 9.87. The van der Waals surface area contributed by atoms with Gasteiger partial charge in [0.1, 0.15) is 18.4 Å². The molecule has 6 heteroatoms. The topological polar surface area (TPSA) is 45.6 Å². The zero-order chi connectivity index (χ0) is 27.1. The first-order valence-corrected chi connectivity index (χ1v) is 13.1. The molecule has 2 heterocycles. The van der Waals surface area contributed by atoms with Crippen LogP contribution in [-0.2, 0) is 4.79 Å². The first kappa shape index (κ1) is 24.6. The normalized spacial score (nSPS) is 14.3. The van der Waals surface area contributed by atoms with Crippen molar-refractivity contribution in [2.24, 2.45) is 0 Å². The van der Waals surface area contributed by atoms with E-state index < -0.39 is 6.04 Å². The molecule has 0 saturated heterocycles. The van der Waals surface area contributed by atoms with E-state index in [9.17, 15) is 14.0 Å². The van der Waals surface area contributed by atoms with Crippen LogP contribution >= 0.6 is 0 Å². The van der Waals surface area contributed by atoms with Crippen LogP contribution in [0, 0.1) is 5.82 Å². The van der Waals surface area contributed by atoms with Gasteiger partial charge in [0.2, 0.25) is 5.91 Å². The third kappa shape index (κ3) is 4.28. The Bertz CT molecular complexity index is 1680.